The summed E-state index contributed by atoms with van der Waals surface area (Å²) >= 11 is 0. The molecule has 0 amide bonds. The Labute approximate surface area is 129 Å². The number of hydrogen-bond acceptors (Lipinski definition) is 4. The Kier molecular flexibility index (Phi) is 3.77. The predicted octanol–water partition coefficient (Wildman–Crippen LogP) is 1.11. The number of nitrogens with zero attached hydrogens (tertiary/aromatic N) is 3. The number of hydrogen-bond donors (Lipinski definition) is 1. The van der Waals surface area contributed by atoms with Crippen LogP contribution in [-0.4, -0.2) is 78.1 Å². The minimum atomic E-state index is 0.303. The van der Waals surface area contributed by atoms with Gasteiger partial charge in [0.25, 0.3) is 0 Å². The number of piperidine rings is 1. The molecule has 0 aromatic carbocycles. The molecule has 0 aromatic rings. The van der Waals surface area contributed by atoms with Crippen LogP contribution in [-0.2, 0) is 0 Å². The zero-order chi connectivity index (χ0) is 14.4. The van der Waals surface area contributed by atoms with Gasteiger partial charge in [-0.2, -0.15) is 0 Å². The molecule has 0 aliphatic carbocycles. The molecule has 4 heterocycles. The molecule has 4 nitrogen and oxygen atoms in total. The van der Waals surface area contributed by atoms with Crippen molar-refractivity contribution in [1.82, 2.24) is 14.7 Å². The summed E-state index contributed by atoms with van der Waals surface area (Å²) < 4.78 is 0. The SMILES string of the molecule is CN1C2CCC1CC(CN)(N1CCCN3CCCC3C1)C2. The Bertz CT molecular complexity index is 371. The molecule has 3 unspecified atom stereocenters. The lowest BCUT2D eigenvalue weighted by atomic mass is 9.81. The fraction of sp³-hybridized carbons (Fsp3) is 1.00. The Morgan fingerprint density at radius 3 is 2.38 bits per heavy atom. The van der Waals surface area contributed by atoms with Crippen molar-refractivity contribution in [2.75, 3.05) is 39.8 Å². The van der Waals surface area contributed by atoms with Crippen LogP contribution in [0.2, 0.25) is 0 Å². The lowest BCUT2D eigenvalue weighted by Crippen LogP contribution is -2.63. The number of rotatable bonds is 2. The second-order valence-electron chi connectivity index (χ2n) is 8.02. The first-order valence-corrected chi connectivity index (χ1v) is 9.13. The summed E-state index contributed by atoms with van der Waals surface area (Å²) in [5.74, 6) is 0. The first-order chi connectivity index (χ1) is 10.2. The van der Waals surface area contributed by atoms with Gasteiger partial charge in [0.2, 0.25) is 0 Å². The average molecular weight is 292 g/mol. The van der Waals surface area contributed by atoms with Gasteiger partial charge in [0.15, 0.2) is 0 Å². The van der Waals surface area contributed by atoms with Crippen LogP contribution in [0.4, 0.5) is 0 Å². The number of fused-ring (bicyclic) bond motifs is 3. The fourth-order valence-electron chi connectivity index (χ4n) is 5.73. The summed E-state index contributed by atoms with van der Waals surface area (Å²) in [5.41, 5.74) is 6.68. The molecule has 4 aliphatic rings. The van der Waals surface area contributed by atoms with Crippen LogP contribution in [0, 0.1) is 0 Å². The lowest BCUT2D eigenvalue weighted by Gasteiger charge is -2.51. The molecular weight excluding hydrogens is 260 g/mol. The lowest BCUT2D eigenvalue weighted by molar-refractivity contribution is -0.00216. The van der Waals surface area contributed by atoms with Crippen molar-refractivity contribution < 1.29 is 0 Å². The van der Waals surface area contributed by atoms with E-state index in [2.05, 4.69) is 21.7 Å². The van der Waals surface area contributed by atoms with Crippen LogP contribution in [0.15, 0.2) is 0 Å². The van der Waals surface area contributed by atoms with Crippen LogP contribution in [0.5, 0.6) is 0 Å². The van der Waals surface area contributed by atoms with E-state index in [1.807, 2.05) is 0 Å². The molecule has 3 atom stereocenters. The van der Waals surface area contributed by atoms with Gasteiger partial charge in [-0.15, -0.1) is 0 Å². The topological polar surface area (TPSA) is 35.7 Å². The highest BCUT2D eigenvalue weighted by molar-refractivity contribution is 5.07. The molecule has 0 radical (unpaired) electrons. The Balaban J connectivity index is 1.55. The van der Waals surface area contributed by atoms with Crippen molar-refractivity contribution in [2.45, 2.75) is 68.6 Å². The van der Waals surface area contributed by atoms with Gasteiger partial charge in [-0.1, -0.05) is 0 Å². The molecule has 4 saturated heterocycles. The van der Waals surface area contributed by atoms with E-state index in [1.165, 1.54) is 71.1 Å². The van der Waals surface area contributed by atoms with E-state index in [1.54, 1.807) is 0 Å². The molecule has 4 rings (SSSR count). The van der Waals surface area contributed by atoms with Crippen molar-refractivity contribution in [1.29, 1.82) is 0 Å². The normalized spacial score (nSPS) is 45.7. The zero-order valence-corrected chi connectivity index (χ0v) is 13.6. The maximum absolute atomic E-state index is 6.38. The standard InChI is InChI=1S/C17H32N4/c1-19-14-5-6-15(19)11-17(10-14,13-18)21-9-3-8-20-7-2-4-16(20)12-21/h14-16H,2-13,18H2,1H3. The van der Waals surface area contributed by atoms with Crippen molar-refractivity contribution >= 4 is 0 Å². The highest BCUT2D eigenvalue weighted by Gasteiger charge is 2.49. The van der Waals surface area contributed by atoms with E-state index >= 15 is 0 Å². The molecule has 4 fully saturated rings. The van der Waals surface area contributed by atoms with Gasteiger partial charge in [0.1, 0.15) is 0 Å². The maximum atomic E-state index is 6.38. The molecule has 2 bridgehead atoms. The third kappa shape index (κ3) is 2.35. The van der Waals surface area contributed by atoms with Gasteiger partial charge in [0, 0.05) is 43.3 Å². The molecule has 0 saturated carbocycles. The van der Waals surface area contributed by atoms with E-state index in [4.69, 9.17) is 5.73 Å². The van der Waals surface area contributed by atoms with Crippen LogP contribution >= 0.6 is 0 Å². The molecule has 4 heteroatoms. The maximum Gasteiger partial charge on any atom is 0.0362 e. The molecule has 0 aromatic heterocycles. The summed E-state index contributed by atoms with van der Waals surface area (Å²) in [6, 6.07) is 2.39. The van der Waals surface area contributed by atoms with Gasteiger partial charge < -0.3 is 10.6 Å². The van der Waals surface area contributed by atoms with Crippen LogP contribution in [0.25, 0.3) is 0 Å². The van der Waals surface area contributed by atoms with Crippen LogP contribution in [0.1, 0.15) is 44.9 Å². The largest absolute Gasteiger partial charge is 0.329 e. The Hall–Kier alpha value is -0.160. The van der Waals surface area contributed by atoms with Gasteiger partial charge in [-0.3, -0.25) is 9.80 Å². The first kappa shape index (κ1) is 14.4. The third-order valence-electron chi connectivity index (χ3n) is 7.07. The molecular formula is C17H32N4. The minimum Gasteiger partial charge on any atom is -0.329 e. The Morgan fingerprint density at radius 1 is 0.952 bits per heavy atom. The highest BCUT2D eigenvalue weighted by Crippen LogP contribution is 2.43. The molecule has 120 valence electrons. The smallest absolute Gasteiger partial charge is 0.0362 e. The van der Waals surface area contributed by atoms with E-state index in [-0.39, 0.29) is 0 Å². The minimum absolute atomic E-state index is 0.303. The van der Waals surface area contributed by atoms with E-state index in [0.717, 1.165) is 24.7 Å². The zero-order valence-electron chi connectivity index (χ0n) is 13.6. The summed E-state index contributed by atoms with van der Waals surface area (Å²) in [4.78, 5) is 8.22. The van der Waals surface area contributed by atoms with E-state index in [9.17, 15) is 0 Å². The second-order valence-corrected chi connectivity index (χ2v) is 8.02. The second kappa shape index (κ2) is 5.48. The van der Waals surface area contributed by atoms with Crippen LogP contribution < -0.4 is 5.73 Å². The molecule has 0 spiro atoms. The number of nitrogens with two attached hydrogens (primary N) is 1. The molecule has 2 N–H and O–H groups in total. The van der Waals surface area contributed by atoms with E-state index < -0.39 is 0 Å². The summed E-state index contributed by atoms with van der Waals surface area (Å²) in [6.07, 6.45) is 9.56. The Morgan fingerprint density at radius 2 is 1.67 bits per heavy atom. The quantitative estimate of drug-likeness (QED) is 0.827. The van der Waals surface area contributed by atoms with Crippen LogP contribution in [0.3, 0.4) is 0 Å². The van der Waals surface area contributed by atoms with Gasteiger partial charge >= 0.3 is 0 Å². The van der Waals surface area contributed by atoms with Crippen molar-refractivity contribution in [3.8, 4) is 0 Å². The molecule has 4 aliphatic heterocycles. The van der Waals surface area contributed by atoms with Crippen molar-refractivity contribution in [3.05, 3.63) is 0 Å². The third-order valence-corrected chi connectivity index (χ3v) is 7.07. The summed E-state index contributed by atoms with van der Waals surface area (Å²) in [6.45, 7) is 6.06. The van der Waals surface area contributed by atoms with Gasteiger partial charge in [-0.05, 0) is 65.1 Å². The van der Waals surface area contributed by atoms with Crippen molar-refractivity contribution in [3.63, 3.8) is 0 Å². The average Bonchev–Trinajstić information content (AvgIpc) is 2.92. The molecule has 21 heavy (non-hydrogen) atoms. The first-order valence-electron chi connectivity index (χ1n) is 9.13. The monoisotopic (exact) mass is 292 g/mol. The predicted molar refractivity (Wildman–Crippen MR) is 86.4 cm³/mol. The van der Waals surface area contributed by atoms with Gasteiger partial charge in [0.05, 0.1) is 0 Å². The highest BCUT2D eigenvalue weighted by atomic mass is 15.3. The van der Waals surface area contributed by atoms with Gasteiger partial charge in [-0.25, -0.2) is 0 Å². The van der Waals surface area contributed by atoms with E-state index in [0.29, 0.717) is 5.54 Å². The fourth-order valence-corrected chi connectivity index (χ4v) is 5.73. The summed E-state index contributed by atoms with van der Waals surface area (Å²) in [7, 11) is 2.34. The van der Waals surface area contributed by atoms with Crippen molar-refractivity contribution in [2.24, 2.45) is 5.73 Å². The summed E-state index contributed by atoms with van der Waals surface area (Å²) in [5, 5.41) is 0.